The summed E-state index contributed by atoms with van der Waals surface area (Å²) in [6.45, 7) is 3.73. The summed E-state index contributed by atoms with van der Waals surface area (Å²) in [6.07, 6.45) is 4.36. The van der Waals surface area contributed by atoms with Crippen LogP contribution in [0.4, 0.5) is 5.82 Å². The SMILES string of the molecule is COc1cccc(C(=O)N(Cc2cc3ccc(OC)cc3nc2N2CCCC2)C[C@@H]2CCCO2)c1. The van der Waals surface area contributed by atoms with Gasteiger partial charge in [0.05, 0.1) is 25.8 Å². The molecule has 0 saturated carbocycles. The van der Waals surface area contributed by atoms with Crippen LogP contribution in [0, 0.1) is 0 Å². The van der Waals surface area contributed by atoms with Gasteiger partial charge in [0.1, 0.15) is 17.3 Å². The van der Waals surface area contributed by atoms with Crippen molar-refractivity contribution in [2.45, 2.75) is 38.3 Å². The number of methoxy groups -OCH3 is 2. The second kappa shape index (κ2) is 10.5. The molecule has 2 fully saturated rings. The zero-order valence-electron chi connectivity index (χ0n) is 20.5. The Morgan fingerprint density at radius 3 is 2.60 bits per heavy atom. The van der Waals surface area contributed by atoms with E-state index in [2.05, 4.69) is 11.0 Å². The zero-order valence-corrected chi connectivity index (χ0v) is 20.5. The molecule has 3 heterocycles. The highest BCUT2D eigenvalue weighted by Gasteiger charge is 2.26. The molecule has 0 spiro atoms. The Morgan fingerprint density at radius 2 is 1.86 bits per heavy atom. The Bertz CT molecular complexity index is 1190. The average Bonchev–Trinajstić information content (AvgIpc) is 3.62. The highest BCUT2D eigenvalue weighted by molar-refractivity contribution is 5.95. The molecule has 0 unspecified atom stereocenters. The normalized spacial score (nSPS) is 17.7. The third-order valence-corrected chi connectivity index (χ3v) is 6.90. The first-order chi connectivity index (χ1) is 17.1. The third kappa shape index (κ3) is 5.20. The number of carbonyl (C=O) groups excluding carboxylic acids is 1. The molecule has 1 atom stereocenters. The molecule has 2 aromatic carbocycles. The quantitative estimate of drug-likeness (QED) is 0.472. The number of benzene rings is 2. The van der Waals surface area contributed by atoms with Crippen LogP contribution in [0.25, 0.3) is 10.9 Å². The standard InChI is InChI=1S/C28H33N3O4/c1-33-23-8-5-7-21(16-23)28(32)31(19-25-9-6-14-35-25)18-22-15-20-10-11-24(34-2)17-26(20)29-27(22)30-12-3-4-13-30/h5,7-8,10-11,15-17,25H,3-4,6,9,12-14,18-19H2,1-2H3/t25-/m0/s1. The van der Waals surface area contributed by atoms with Crippen molar-refractivity contribution in [2.24, 2.45) is 0 Å². The molecule has 1 amide bonds. The van der Waals surface area contributed by atoms with Crippen LogP contribution in [0.2, 0.25) is 0 Å². The minimum absolute atomic E-state index is 0.0263. The lowest BCUT2D eigenvalue weighted by molar-refractivity contribution is 0.0507. The summed E-state index contributed by atoms with van der Waals surface area (Å²) in [5.41, 5.74) is 2.57. The van der Waals surface area contributed by atoms with Crippen LogP contribution in [-0.4, -0.2) is 62.4 Å². The van der Waals surface area contributed by atoms with Crippen molar-refractivity contribution in [3.8, 4) is 11.5 Å². The van der Waals surface area contributed by atoms with E-state index in [1.165, 1.54) is 0 Å². The molecule has 7 heteroatoms. The number of nitrogens with zero attached hydrogens (tertiary/aromatic N) is 3. The average molecular weight is 476 g/mol. The van der Waals surface area contributed by atoms with Gasteiger partial charge in [-0.15, -0.1) is 0 Å². The van der Waals surface area contributed by atoms with E-state index in [1.54, 1.807) is 20.3 Å². The number of anilines is 1. The number of amides is 1. The number of rotatable bonds is 8. The summed E-state index contributed by atoms with van der Waals surface area (Å²) in [5, 5.41) is 1.04. The molecule has 2 aliphatic heterocycles. The highest BCUT2D eigenvalue weighted by atomic mass is 16.5. The molecule has 0 bridgehead atoms. The number of pyridine rings is 1. The van der Waals surface area contributed by atoms with Crippen LogP contribution in [0.15, 0.2) is 48.5 Å². The number of hydrogen-bond donors (Lipinski definition) is 0. The molecule has 0 radical (unpaired) electrons. The maximum Gasteiger partial charge on any atom is 0.254 e. The van der Waals surface area contributed by atoms with E-state index in [0.717, 1.165) is 73.4 Å². The Labute approximate surface area is 206 Å². The van der Waals surface area contributed by atoms with Crippen molar-refractivity contribution >= 4 is 22.6 Å². The molecule has 3 aromatic rings. The van der Waals surface area contributed by atoms with E-state index < -0.39 is 0 Å². The molecule has 2 aliphatic rings. The van der Waals surface area contributed by atoms with Gasteiger partial charge in [-0.3, -0.25) is 4.79 Å². The smallest absolute Gasteiger partial charge is 0.254 e. The first-order valence-corrected chi connectivity index (χ1v) is 12.4. The van der Waals surface area contributed by atoms with Gasteiger partial charge < -0.3 is 24.0 Å². The second-order valence-electron chi connectivity index (χ2n) is 9.28. The summed E-state index contributed by atoms with van der Waals surface area (Å²) < 4.78 is 16.7. The van der Waals surface area contributed by atoms with Gasteiger partial charge in [-0.2, -0.15) is 0 Å². The van der Waals surface area contributed by atoms with Crippen LogP contribution >= 0.6 is 0 Å². The van der Waals surface area contributed by atoms with Crippen LogP contribution < -0.4 is 14.4 Å². The molecule has 0 N–H and O–H groups in total. The third-order valence-electron chi connectivity index (χ3n) is 6.90. The number of fused-ring (bicyclic) bond motifs is 1. The molecule has 35 heavy (non-hydrogen) atoms. The van der Waals surface area contributed by atoms with Crippen LogP contribution in [0.3, 0.4) is 0 Å². The molecule has 2 saturated heterocycles. The maximum atomic E-state index is 13.7. The fourth-order valence-corrected chi connectivity index (χ4v) is 5.02. The number of ether oxygens (including phenoxy) is 3. The van der Waals surface area contributed by atoms with Gasteiger partial charge in [-0.1, -0.05) is 6.07 Å². The predicted octanol–water partition coefficient (Wildman–Crippen LogP) is 4.67. The van der Waals surface area contributed by atoms with Crippen LogP contribution in [-0.2, 0) is 11.3 Å². The van der Waals surface area contributed by atoms with Crippen molar-refractivity contribution in [2.75, 3.05) is 45.4 Å². The fraction of sp³-hybridized carbons (Fsp3) is 0.429. The highest BCUT2D eigenvalue weighted by Crippen LogP contribution is 2.30. The van der Waals surface area contributed by atoms with Crippen molar-refractivity contribution in [1.82, 2.24) is 9.88 Å². The summed E-state index contributed by atoms with van der Waals surface area (Å²) in [4.78, 5) is 23.1. The van der Waals surface area contributed by atoms with E-state index in [1.807, 2.05) is 41.3 Å². The lowest BCUT2D eigenvalue weighted by Crippen LogP contribution is -2.37. The molecule has 5 rings (SSSR count). The van der Waals surface area contributed by atoms with Crippen molar-refractivity contribution in [1.29, 1.82) is 0 Å². The van der Waals surface area contributed by atoms with Gasteiger partial charge >= 0.3 is 0 Å². The van der Waals surface area contributed by atoms with Crippen molar-refractivity contribution in [3.63, 3.8) is 0 Å². The summed E-state index contributed by atoms with van der Waals surface area (Å²) >= 11 is 0. The van der Waals surface area contributed by atoms with E-state index in [0.29, 0.717) is 24.4 Å². The summed E-state index contributed by atoms with van der Waals surface area (Å²) in [5.74, 6) is 2.39. The van der Waals surface area contributed by atoms with E-state index in [4.69, 9.17) is 19.2 Å². The van der Waals surface area contributed by atoms with Gasteiger partial charge in [0.2, 0.25) is 0 Å². The van der Waals surface area contributed by atoms with Crippen molar-refractivity contribution in [3.05, 3.63) is 59.7 Å². The Balaban J connectivity index is 1.52. The topological polar surface area (TPSA) is 64.1 Å². The fourth-order valence-electron chi connectivity index (χ4n) is 5.02. The summed E-state index contributed by atoms with van der Waals surface area (Å²) in [6, 6.07) is 15.5. The molecular weight excluding hydrogens is 442 g/mol. The number of hydrogen-bond acceptors (Lipinski definition) is 6. The van der Waals surface area contributed by atoms with E-state index in [-0.39, 0.29) is 12.0 Å². The zero-order chi connectivity index (χ0) is 24.2. The number of carbonyl (C=O) groups is 1. The summed E-state index contributed by atoms with van der Waals surface area (Å²) in [7, 11) is 3.29. The molecule has 7 nitrogen and oxygen atoms in total. The first kappa shape index (κ1) is 23.4. The molecule has 0 aliphatic carbocycles. The van der Waals surface area contributed by atoms with E-state index >= 15 is 0 Å². The maximum absolute atomic E-state index is 13.7. The second-order valence-corrected chi connectivity index (χ2v) is 9.28. The van der Waals surface area contributed by atoms with Gasteiger partial charge in [0.25, 0.3) is 5.91 Å². The lowest BCUT2D eigenvalue weighted by Gasteiger charge is -2.28. The molecule has 1 aromatic heterocycles. The minimum atomic E-state index is -0.0263. The molecule has 184 valence electrons. The van der Waals surface area contributed by atoms with E-state index in [9.17, 15) is 4.79 Å². The van der Waals surface area contributed by atoms with Crippen molar-refractivity contribution < 1.29 is 19.0 Å². The Kier molecular flexibility index (Phi) is 7.04. The van der Waals surface area contributed by atoms with Crippen LogP contribution in [0.1, 0.15) is 41.6 Å². The minimum Gasteiger partial charge on any atom is -0.497 e. The largest absolute Gasteiger partial charge is 0.497 e. The Hall–Kier alpha value is -3.32. The van der Waals surface area contributed by atoms with Crippen LogP contribution in [0.5, 0.6) is 11.5 Å². The number of aromatic nitrogens is 1. The lowest BCUT2D eigenvalue weighted by atomic mass is 10.1. The predicted molar refractivity (Wildman–Crippen MR) is 136 cm³/mol. The monoisotopic (exact) mass is 475 g/mol. The Morgan fingerprint density at radius 1 is 1.06 bits per heavy atom. The first-order valence-electron chi connectivity index (χ1n) is 12.4. The molecular formula is C28H33N3O4. The van der Waals surface area contributed by atoms with Gasteiger partial charge in [-0.25, -0.2) is 4.98 Å². The van der Waals surface area contributed by atoms with Gasteiger partial charge in [-0.05, 0) is 62.1 Å². The van der Waals surface area contributed by atoms with Gasteiger partial charge in [0, 0.05) is 55.4 Å². The van der Waals surface area contributed by atoms with Gasteiger partial charge in [0.15, 0.2) is 0 Å².